The SMILES string of the molecule is CCC1CN(C(=O)c2ccc(C(=O)O)cn2)CCO1. The maximum Gasteiger partial charge on any atom is 0.337 e. The molecule has 1 N–H and O–H groups in total. The predicted octanol–water partition coefficient (Wildman–Crippen LogP) is 1.03. The van der Waals surface area contributed by atoms with Crippen LogP contribution in [0.2, 0.25) is 0 Å². The number of aromatic nitrogens is 1. The molecule has 1 fully saturated rings. The highest BCUT2D eigenvalue weighted by molar-refractivity contribution is 5.93. The molecule has 6 heteroatoms. The highest BCUT2D eigenvalue weighted by Crippen LogP contribution is 2.11. The lowest BCUT2D eigenvalue weighted by molar-refractivity contribution is -0.0228. The third kappa shape index (κ3) is 3.08. The van der Waals surface area contributed by atoms with Gasteiger partial charge in [0.25, 0.3) is 5.91 Å². The zero-order valence-electron chi connectivity index (χ0n) is 10.7. The van der Waals surface area contributed by atoms with E-state index in [4.69, 9.17) is 9.84 Å². The van der Waals surface area contributed by atoms with Crippen molar-refractivity contribution in [2.45, 2.75) is 19.4 Å². The van der Waals surface area contributed by atoms with Crippen LogP contribution in [0.15, 0.2) is 18.3 Å². The Hall–Kier alpha value is -1.95. The number of ether oxygens (including phenoxy) is 1. The second kappa shape index (κ2) is 5.79. The van der Waals surface area contributed by atoms with Crippen molar-refractivity contribution in [3.05, 3.63) is 29.6 Å². The minimum atomic E-state index is -1.05. The molecular formula is C13H16N2O4. The minimum absolute atomic E-state index is 0.0657. The summed E-state index contributed by atoms with van der Waals surface area (Å²) in [4.78, 5) is 28.5. The molecule has 1 aliphatic rings. The maximum atomic E-state index is 12.2. The standard InChI is InChI=1S/C13H16N2O4/c1-2-10-8-15(5-6-19-10)12(16)11-4-3-9(7-14-11)13(17)18/h3-4,7,10H,2,5-6,8H2,1H3,(H,17,18). The molecule has 1 unspecified atom stereocenters. The highest BCUT2D eigenvalue weighted by atomic mass is 16.5. The first-order chi connectivity index (χ1) is 9.11. The molecule has 0 spiro atoms. The number of carbonyl (C=O) groups excluding carboxylic acids is 1. The van der Waals surface area contributed by atoms with Crippen LogP contribution in [0.1, 0.15) is 34.2 Å². The lowest BCUT2D eigenvalue weighted by atomic mass is 10.2. The largest absolute Gasteiger partial charge is 0.478 e. The van der Waals surface area contributed by atoms with E-state index < -0.39 is 5.97 Å². The summed E-state index contributed by atoms with van der Waals surface area (Å²) in [6.45, 7) is 3.63. The van der Waals surface area contributed by atoms with E-state index >= 15 is 0 Å². The Morgan fingerprint density at radius 2 is 2.32 bits per heavy atom. The Morgan fingerprint density at radius 3 is 2.89 bits per heavy atom. The van der Waals surface area contributed by atoms with Crippen LogP contribution in [0, 0.1) is 0 Å². The van der Waals surface area contributed by atoms with Crippen molar-refractivity contribution in [1.82, 2.24) is 9.88 Å². The zero-order valence-corrected chi connectivity index (χ0v) is 10.7. The summed E-state index contributed by atoms with van der Waals surface area (Å²) >= 11 is 0. The summed E-state index contributed by atoms with van der Waals surface area (Å²) in [6.07, 6.45) is 2.12. The lowest BCUT2D eigenvalue weighted by Gasteiger charge is -2.32. The molecular weight excluding hydrogens is 248 g/mol. The smallest absolute Gasteiger partial charge is 0.337 e. The predicted molar refractivity (Wildman–Crippen MR) is 67.1 cm³/mol. The Labute approximate surface area is 111 Å². The van der Waals surface area contributed by atoms with Crippen LogP contribution >= 0.6 is 0 Å². The number of aromatic carboxylic acids is 1. The van der Waals surface area contributed by atoms with Crippen molar-refractivity contribution < 1.29 is 19.4 Å². The third-order valence-electron chi connectivity index (χ3n) is 3.11. The van der Waals surface area contributed by atoms with E-state index in [-0.39, 0.29) is 23.3 Å². The average Bonchev–Trinajstić information content (AvgIpc) is 2.46. The number of carboxylic acids is 1. The van der Waals surface area contributed by atoms with Gasteiger partial charge in [-0.05, 0) is 18.6 Å². The van der Waals surface area contributed by atoms with Crippen LogP contribution in [0.5, 0.6) is 0 Å². The number of amides is 1. The first-order valence-corrected chi connectivity index (χ1v) is 6.22. The third-order valence-corrected chi connectivity index (χ3v) is 3.11. The van der Waals surface area contributed by atoms with Crippen LogP contribution in [0.3, 0.4) is 0 Å². The van der Waals surface area contributed by atoms with Gasteiger partial charge in [0, 0.05) is 19.3 Å². The summed E-state index contributed by atoms with van der Waals surface area (Å²) in [6, 6.07) is 2.84. The van der Waals surface area contributed by atoms with Gasteiger partial charge in [0.1, 0.15) is 5.69 Å². The van der Waals surface area contributed by atoms with E-state index in [2.05, 4.69) is 4.98 Å². The molecule has 2 rings (SSSR count). The monoisotopic (exact) mass is 264 g/mol. The van der Waals surface area contributed by atoms with Gasteiger partial charge in [-0.25, -0.2) is 4.79 Å². The van der Waals surface area contributed by atoms with E-state index in [1.165, 1.54) is 18.3 Å². The van der Waals surface area contributed by atoms with Crippen molar-refractivity contribution >= 4 is 11.9 Å². The first-order valence-electron chi connectivity index (χ1n) is 6.22. The summed E-state index contributed by atoms with van der Waals surface area (Å²) < 4.78 is 5.50. The fourth-order valence-corrected chi connectivity index (χ4v) is 1.96. The number of carboxylic acid groups (broad SMARTS) is 1. The normalized spacial score (nSPS) is 19.2. The van der Waals surface area contributed by atoms with Crippen LogP contribution in [-0.2, 0) is 4.74 Å². The number of carbonyl (C=O) groups is 2. The molecule has 0 radical (unpaired) electrons. The molecule has 2 heterocycles. The van der Waals surface area contributed by atoms with Gasteiger partial charge >= 0.3 is 5.97 Å². The highest BCUT2D eigenvalue weighted by Gasteiger charge is 2.24. The van der Waals surface area contributed by atoms with Crippen molar-refractivity contribution in [3.63, 3.8) is 0 Å². The number of hydrogen-bond donors (Lipinski definition) is 1. The molecule has 19 heavy (non-hydrogen) atoms. The molecule has 1 aromatic rings. The Morgan fingerprint density at radius 1 is 1.53 bits per heavy atom. The number of rotatable bonds is 3. The van der Waals surface area contributed by atoms with Gasteiger partial charge in [0.15, 0.2) is 0 Å². The number of morpholine rings is 1. The molecule has 6 nitrogen and oxygen atoms in total. The van der Waals surface area contributed by atoms with Gasteiger partial charge < -0.3 is 14.7 Å². The molecule has 1 amide bonds. The van der Waals surface area contributed by atoms with E-state index in [1.54, 1.807) is 4.90 Å². The number of hydrogen-bond acceptors (Lipinski definition) is 4. The van der Waals surface area contributed by atoms with E-state index in [9.17, 15) is 9.59 Å². The van der Waals surface area contributed by atoms with Crippen molar-refractivity contribution in [3.8, 4) is 0 Å². The van der Waals surface area contributed by atoms with E-state index in [1.807, 2.05) is 6.92 Å². The van der Waals surface area contributed by atoms with Crippen LogP contribution in [-0.4, -0.2) is 52.7 Å². The quantitative estimate of drug-likeness (QED) is 0.882. The molecule has 102 valence electrons. The molecule has 0 aromatic carbocycles. The van der Waals surface area contributed by atoms with Gasteiger partial charge in [-0.2, -0.15) is 0 Å². The molecule has 0 aliphatic carbocycles. The van der Waals surface area contributed by atoms with E-state index in [0.717, 1.165) is 6.42 Å². The van der Waals surface area contributed by atoms with Gasteiger partial charge in [-0.3, -0.25) is 9.78 Å². The molecule has 0 saturated carbocycles. The molecule has 0 bridgehead atoms. The average molecular weight is 264 g/mol. The maximum absolute atomic E-state index is 12.2. The second-order valence-corrected chi connectivity index (χ2v) is 4.39. The Bertz CT molecular complexity index is 472. The van der Waals surface area contributed by atoms with Crippen molar-refractivity contribution in [2.24, 2.45) is 0 Å². The Kier molecular flexibility index (Phi) is 4.11. The van der Waals surface area contributed by atoms with E-state index in [0.29, 0.717) is 19.7 Å². The Balaban J connectivity index is 2.08. The summed E-state index contributed by atoms with van der Waals surface area (Å²) in [5.41, 5.74) is 0.340. The topological polar surface area (TPSA) is 79.7 Å². The lowest BCUT2D eigenvalue weighted by Crippen LogP contribution is -2.45. The molecule has 1 aliphatic heterocycles. The number of nitrogens with zero attached hydrogens (tertiary/aromatic N) is 2. The fourth-order valence-electron chi connectivity index (χ4n) is 1.96. The summed E-state index contributed by atoms with van der Waals surface area (Å²) in [5, 5.41) is 8.78. The summed E-state index contributed by atoms with van der Waals surface area (Å²) in [7, 11) is 0. The summed E-state index contributed by atoms with van der Waals surface area (Å²) in [5.74, 6) is -1.23. The van der Waals surface area contributed by atoms with Crippen LogP contribution in [0.4, 0.5) is 0 Å². The van der Waals surface area contributed by atoms with Gasteiger partial charge in [0.2, 0.25) is 0 Å². The van der Waals surface area contributed by atoms with Crippen LogP contribution in [0.25, 0.3) is 0 Å². The van der Waals surface area contributed by atoms with Gasteiger partial charge in [0.05, 0.1) is 18.3 Å². The minimum Gasteiger partial charge on any atom is -0.478 e. The van der Waals surface area contributed by atoms with Gasteiger partial charge in [-0.15, -0.1) is 0 Å². The first kappa shape index (κ1) is 13.5. The van der Waals surface area contributed by atoms with Crippen LogP contribution < -0.4 is 0 Å². The van der Waals surface area contributed by atoms with Gasteiger partial charge in [-0.1, -0.05) is 6.92 Å². The van der Waals surface area contributed by atoms with Crippen molar-refractivity contribution in [2.75, 3.05) is 19.7 Å². The molecule has 1 atom stereocenters. The van der Waals surface area contributed by atoms with Crippen molar-refractivity contribution in [1.29, 1.82) is 0 Å². The molecule has 1 aromatic heterocycles. The zero-order chi connectivity index (χ0) is 13.8. The number of pyridine rings is 1. The second-order valence-electron chi connectivity index (χ2n) is 4.39. The molecule has 1 saturated heterocycles. The fraction of sp³-hybridized carbons (Fsp3) is 0.462.